The minimum Gasteiger partial charge on any atom is -0.444 e. The Bertz CT molecular complexity index is 262. The highest BCUT2D eigenvalue weighted by Gasteiger charge is 2.36. The predicted octanol–water partition coefficient (Wildman–Crippen LogP) is 1.11. The molecule has 1 aliphatic heterocycles. The number of carbonyl (C=O) groups excluding carboxylic acids is 1. The van der Waals surface area contributed by atoms with E-state index in [9.17, 15) is 9.90 Å². The third-order valence-corrected chi connectivity index (χ3v) is 2.84. The van der Waals surface area contributed by atoms with Crippen LogP contribution in [0.1, 0.15) is 20.8 Å². The molecule has 1 fully saturated rings. The number of methoxy groups -OCH3 is 1. The van der Waals surface area contributed by atoms with Gasteiger partial charge in [0, 0.05) is 38.6 Å². The fourth-order valence-corrected chi connectivity index (χ4v) is 2.02. The number of nitrogens with zero attached hydrogens (tertiary/aromatic N) is 1. The molecule has 1 aliphatic rings. The summed E-state index contributed by atoms with van der Waals surface area (Å²) < 4.78 is 10.4. The van der Waals surface area contributed by atoms with E-state index in [-0.39, 0.29) is 24.5 Å². The van der Waals surface area contributed by atoms with Gasteiger partial charge < -0.3 is 19.5 Å². The summed E-state index contributed by atoms with van der Waals surface area (Å²) in [6.45, 7) is 7.30. The summed E-state index contributed by atoms with van der Waals surface area (Å²) in [6.07, 6.45) is -0.311. The molecule has 0 spiro atoms. The number of aliphatic hydroxyl groups is 1. The lowest BCUT2D eigenvalue weighted by molar-refractivity contribution is 0.0277. The van der Waals surface area contributed by atoms with E-state index in [2.05, 4.69) is 0 Å². The molecule has 0 radical (unpaired) electrons. The van der Waals surface area contributed by atoms with E-state index in [1.807, 2.05) is 20.8 Å². The molecule has 17 heavy (non-hydrogen) atoms. The monoisotopic (exact) mass is 245 g/mol. The summed E-state index contributed by atoms with van der Waals surface area (Å²) in [5.41, 5.74) is -0.481. The maximum Gasteiger partial charge on any atom is 0.410 e. The molecule has 1 N–H and O–H groups in total. The molecule has 0 aromatic carbocycles. The summed E-state index contributed by atoms with van der Waals surface area (Å²) in [5.74, 6) is 0.278. The number of aliphatic hydroxyl groups excluding tert-OH is 1. The van der Waals surface area contributed by atoms with Crippen LogP contribution in [0.2, 0.25) is 0 Å². The van der Waals surface area contributed by atoms with Crippen molar-refractivity contribution in [1.82, 2.24) is 4.90 Å². The molecule has 0 saturated carbocycles. The van der Waals surface area contributed by atoms with Crippen LogP contribution < -0.4 is 0 Å². The number of carbonyl (C=O) groups is 1. The molecular weight excluding hydrogens is 222 g/mol. The predicted molar refractivity (Wildman–Crippen MR) is 63.7 cm³/mol. The van der Waals surface area contributed by atoms with Crippen molar-refractivity contribution in [1.29, 1.82) is 0 Å². The van der Waals surface area contributed by atoms with Gasteiger partial charge in [0.1, 0.15) is 5.60 Å². The molecule has 0 unspecified atom stereocenters. The largest absolute Gasteiger partial charge is 0.444 e. The van der Waals surface area contributed by atoms with E-state index in [0.29, 0.717) is 19.7 Å². The molecule has 1 heterocycles. The highest BCUT2D eigenvalue weighted by atomic mass is 16.6. The van der Waals surface area contributed by atoms with E-state index in [1.54, 1.807) is 12.0 Å². The molecule has 100 valence electrons. The van der Waals surface area contributed by atoms with Crippen LogP contribution in [0.15, 0.2) is 0 Å². The van der Waals surface area contributed by atoms with Gasteiger partial charge in [0.15, 0.2) is 0 Å². The Morgan fingerprint density at radius 1 is 1.35 bits per heavy atom. The minimum absolute atomic E-state index is 0.0767. The van der Waals surface area contributed by atoms with Crippen molar-refractivity contribution in [3.8, 4) is 0 Å². The highest BCUT2D eigenvalue weighted by Crippen LogP contribution is 2.25. The average molecular weight is 245 g/mol. The van der Waals surface area contributed by atoms with Crippen LogP contribution in [0.25, 0.3) is 0 Å². The molecule has 0 aliphatic carbocycles. The van der Waals surface area contributed by atoms with Gasteiger partial charge in [0.05, 0.1) is 6.61 Å². The number of hydrogen-bond acceptors (Lipinski definition) is 4. The van der Waals surface area contributed by atoms with Crippen molar-refractivity contribution < 1.29 is 19.4 Å². The number of rotatable bonds is 3. The van der Waals surface area contributed by atoms with Gasteiger partial charge in [0.25, 0.3) is 0 Å². The Morgan fingerprint density at radius 2 is 1.94 bits per heavy atom. The number of amides is 1. The van der Waals surface area contributed by atoms with Gasteiger partial charge in [-0.05, 0) is 20.8 Å². The lowest BCUT2D eigenvalue weighted by Gasteiger charge is -2.24. The zero-order chi connectivity index (χ0) is 13.1. The summed E-state index contributed by atoms with van der Waals surface area (Å²) in [5, 5.41) is 9.26. The van der Waals surface area contributed by atoms with Crippen molar-refractivity contribution in [3.05, 3.63) is 0 Å². The van der Waals surface area contributed by atoms with Crippen LogP contribution in [-0.2, 0) is 9.47 Å². The van der Waals surface area contributed by atoms with Crippen LogP contribution >= 0.6 is 0 Å². The Morgan fingerprint density at radius 3 is 2.41 bits per heavy atom. The Labute approximate surface area is 103 Å². The van der Waals surface area contributed by atoms with E-state index in [1.165, 1.54) is 0 Å². The van der Waals surface area contributed by atoms with Gasteiger partial charge in [0.2, 0.25) is 0 Å². The smallest absolute Gasteiger partial charge is 0.410 e. The topological polar surface area (TPSA) is 59.0 Å². The maximum absolute atomic E-state index is 11.9. The van der Waals surface area contributed by atoms with Crippen molar-refractivity contribution in [2.75, 3.05) is 33.4 Å². The quantitative estimate of drug-likeness (QED) is 0.809. The summed E-state index contributed by atoms with van der Waals surface area (Å²) in [4.78, 5) is 13.5. The molecule has 5 heteroatoms. The second-order valence-corrected chi connectivity index (χ2v) is 5.54. The van der Waals surface area contributed by atoms with Crippen molar-refractivity contribution >= 4 is 6.09 Å². The van der Waals surface area contributed by atoms with E-state index in [0.717, 1.165) is 0 Å². The second-order valence-electron chi connectivity index (χ2n) is 5.54. The molecule has 0 bridgehead atoms. The summed E-state index contributed by atoms with van der Waals surface area (Å²) in [7, 11) is 1.63. The second kappa shape index (κ2) is 5.69. The van der Waals surface area contributed by atoms with Crippen LogP contribution in [0.4, 0.5) is 4.79 Å². The molecule has 1 amide bonds. The van der Waals surface area contributed by atoms with Crippen LogP contribution in [0, 0.1) is 11.8 Å². The van der Waals surface area contributed by atoms with Gasteiger partial charge in [-0.3, -0.25) is 0 Å². The number of ether oxygens (including phenoxy) is 2. The Hall–Kier alpha value is -0.810. The normalized spacial score (nSPS) is 25.1. The molecule has 5 nitrogen and oxygen atoms in total. The van der Waals surface area contributed by atoms with Crippen LogP contribution in [-0.4, -0.2) is 55.1 Å². The number of hydrogen-bond donors (Lipinski definition) is 1. The minimum atomic E-state index is -0.481. The SMILES string of the molecule is COC[C@H]1CN(C(=O)OC(C)(C)C)C[C@@H]1CO. The van der Waals surface area contributed by atoms with E-state index < -0.39 is 5.60 Å². The Kier molecular flexibility index (Phi) is 4.77. The molecule has 1 rings (SSSR count). The summed E-state index contributed by atoms with van der Waals surface area (Å²) in [6, 6.07) is 0. The zero-order valence-electron chi connectivity index (χ0n) is 11.1. The lowest BCUT2D eigenvalue weighted by atomic mass is 9.98. The first kappa shape index (κ1) is 14.3. The van der Waals surface area contributed by atoms with E-state index >= 15 is 0 Å². The molecule has 0 aromatic heterocycles. The van der Waals surface area contributed by atoms with Gasteiger partial charge in [-0.15, -0.1) is 0 Å². The molecular formula is C12H23NO4. The van der Waals surface area contributed by atoms with Crippen LogP contribution in [0.5, 0.6) is 0 Å². The third kappa shape index (κ3) is 4.16. The van der Waals surface area contributed by atoms with Gasteiger partial charge >= 0.3 is 6.09 Å². The average Bonchev–Trinajstić information content (AvgIpc) is 2.59. The maximum atomic E-state index is 11.9. The third-order valence-electron chi connectivity index (χ3n) is 2.84. The zero-order valence-corrected chi connectivity index (χ0v) is 11.1. The van der Waals surface area contributed by atoms with Crippen LogP contribution in [0.3, 0.4) is 0 Å². The van der Waals surface area contributed by atoms with Gasteiger partial charge in [-0.1, -0.05) is 0 Å². The lowest BCUT2D eigenvalue weighted by Crippen LogP contribution is -2.35. The van der Waals surface area contributed by atoms with Crippen molar-refractivity contribution in [2.24, 2.45) is 11.8 Å². The highest BCUT2D eigenvalue weighted by molar-refractivity contribution is 5.68. The molecule has 2 atom stereocenters. The molecule has 1 saturated heterocycles. The molecule has 0 aromatic rings. The van der Waals surface area contributed by atoms with E-state index in [4.69, 9.17) is 9.47 Å². The van der Waals surface area contributed by atoms with Gasteiger partial charge in [-0.25, -0.2) is 4.79 Å². The first-order chi connectivity index (χ1) is 7.87. The fourth-order valence-electron chi connectivity index (χ4n) is 2.02. The Balaban J connectivity index is 2.54. The van der Waals surface area contributed by atoms with Gasteiger partial charge in [-0.2, -0.15) is 0 Å². The first-order valence-electron chi connectivity index (χ1n) is 5.95. The fraction of sp³-hybridized carbons (Fsp3) is 0.917. The standard InChI is InChI=1S/C12H23NO4/c1-12(2,3)17-11(15)13-5-9(7-14)10(6-13)8-16-4/h9-10,14H,5-8H2,1-4H3/t9-,10-/m1/s1. The number of likely N-dealkylation sites (tertiary alicyclic amines) is 1. The first-order valence-corrected chi connectivity index (χ1v) is 5.95. The summed E-state index contributed by atoms with van der Waals surface area (Å²) >= 11 is 0. The van der Waals surface area contributed by atoms with Crippen molar-refractivity contribution in [2.45, 2.75) is 26.4 Å². The van der Waals surface area contributed by atoms with Crippen molar-refractivity contribution in [3.63, 3.8) is 0 Å².